The van der Waals surface area contributed by atoms with Gasteiger partial charge in [-0.2, -0.15) is 0 Å². The van der Waals surface area contributed by atoms with Crippen LogP contribution in [0.3, 0.4) is 0 Å². The first-order valence-electron chi connectivity index (χ1n) is 4.38. The first-order chi connectivity index (χ1) is 7.26. The molecule has 0 aromatic carbocycles. The van der Waals surface area contributed by atoms with Crippen LogP contribution >= 0.6 is 7.82 Å². The van der Waals surface area contributed by atoms with E-state index in [2.05, 4.69) is 4.52 Å². The third-order valence-electron chi connectivity index (χ3n) is 2.17. The predicted octanol–water partition coefficient (Wildman–Crippen LogP) is -3.14. The zero-order chi connectivity index (χ0) is 12.5. The summed E-state index contributed by atoms with van der Waals surface area (Å²) in [5.74, 6) is 0. The van der Waals surface area contributed by atoms with Crippen molar-refractivity contribution < 1.29 is 38.9 Å². The topological polar surface area (TPSA) is 163 Å². The maximum absolute atomic E-state index is 10.6. The summed E-state index contributed by atoms with van der Waals surface area (Å²) in [5, 5.41) is 27.6. The van der Waals surface area contributed by atoms with Crippen LogP contribution in [0.25, 0.3) is 0 Å². The summed E-state index contributed by atoms with van der Waals surface area (Å²) in [6.07, 6.45) is -5.78. The van der Waals surface area contributed by atoms with E-state index in [0.717, 1.165) is 0 Å². The Kier molecular flexibility index (Phi) is 4.41. The van der Waals surface area contributed by atoms with Gasteiger partial charge in [-0.25, -0.2) is 4.57 Å². The summed E-state index contributed by atoms with van der Waals surface area (Å²) in [4.78, 5) is 17.1. The van der Waals surface area contributed by atoms with Crippen molar-refractivity contribution in [3.8, 4) is 0 Å². The summed E-state index contributed by atoms with van der Waals surface area (Å²) in [6, 6.07) is -1.33. The fourth-order valence-corrected chi connectivity index (χ4v) is 1.79. The third kappa shape index (κ3) is 3.20. The minimum atomic E-state index is -4.83. The summed E-state index contributed by atoms with van der Waals surface area (Å²) < 4.78 is 19.5. The molecule has 5 atom stereocenters. The summed E-state index contributed by atoms with van der Waals surface area (Å²) in [5.41, 5.74) is 5.35. The van der Waals surface area contributed by atoms with Gasteiger partial charge in [-0.15, -0.1) is 0 Å². The van der Waals surface area contributed by atoms with Crippen LogP contribution in [-0.4, -0.2) is 62.4 Å². The molecular formula is C6H14NO8P. The van der Waals surface area contributed by atoms with Crippen LogP contribution in [0.15, 0.2) is 0 Å². The zero-order valence-corrected chi connectivity index (χ0v) is 8.97. The summed E-state index contributed by atoms with van der Waals surface area (Å²) in [6.45, 7) is -0.647. The normalized spacial score (nSPS) is 41.0. The Labute approximate surface area is 90.6 Å². The van der Waals surface area contributed by atoms with E-state index in [1.54, 1.807) is 0 Å². The van der Waals surface area contributed by atoms with Crippen molar-refractivity contribution in [1.29, 1.82) is 0 Å². The van der Waals surface area contributed by atoms with Gasteiger partial charge in [0.05, 0.1) is 12.6 Å². The Bertz CT molecular complexity index is 280. The third-order valence-corrected chi connectivity index (χ3v) is 2.65. The fraction of sp³-hybridized carbons (Fsp3) is 1.00. The second-order valence-electron chi connectivity index (χ2n) is 3.38. The van der Waals surface area contributed by atoms with Crippen molar-refractivity contribution in [2.45, 2.75) is 30.6 Å². The van der Waals surface area contributed by atoms with Crippen LogP contribution in [0.2, 0.25) is 0 Å². The molecule has 1 aliphatic rings. The molecule has 1 rings (SSSR count). The Hall–Kier alpha value is -0.0900. The van der Waals surface area contributed by atoms with Crippen molar-refractivity contribution in [3.63, 3.8) is 0 Å². The number of nitrogens with two attached hydrogens (primary N) is 1. The second-order valence-corrected chi connectivity index (χ2v) is 4.57. The van der Waals surface area contributed by atoms with Crippen LogP contribution in [0, 0.1) is 0 Å². The molecule has 7 N–H and O–H groups in total. The van der Waals surface area contributed by atoms with E-state index in [-0.39, 0.29) is 0 Å². The van der Waals surface area contributed by atoms with Gasteiger partial charge in [-0.1, -0.05) is 0 Å². The number of aliphatic hydroxyl groups excluding tert-OH is 3. The molecule has 0 aromatic heterocycles. The van der Waals surface area contributed by atoms with Crippen molar-refractivity contribution in [1.82, 2.24) is 0 Å². The predicted molar refractivity (Wildman–Crippen MR) is 48.9 cm³/mol. The molecule has 1 fully saturated rings. The highest BCUT2D eigenvalue weighted by molar-refractivity contribution is 7.46. The lowest BCUT2D eigenvalue weighted by atomic mass is 9.98. The first kappa shape index (κ1) is 14.0. The average Bonchev–Trinajstić information content (AvgIpc) is 2.17. The van der Waals surface area contributed by atoms with Crippen molar-refractivity contribution in [2.75, 3.05) is 6.61 Å². The summed E-state index contributed by atoms with van der Waals surface area (Å²) >= 11 is 0. The number of ether oxygens (including phenoxy) is 1. The molecule has 16 heavy (non-hydrogen) atoms. The zero-order valence-electron chi connectivity index (χ0n) is 8.08. The number of hydrogen-bond acceptors (Lipinski definition) is 7. The van der Waals surface area contributed by atoms with Crippen molar-refractivity contribution >= 4 is 7.82 Å². The molecule has 1 saturated heterocycles. The smallest absolute Gasteiger partial charge is 0.394 e. The highest BCUT2D eigenvalue weighted by Crippen LogP contribution is 2.40. The van der Waals surface area contributed by atoms with E-state index in [1.807, 2.05) is 0 Å². The molecule has 0 spiro atoms. The minimum Gasteiger partial charge on any atom is -0.394 e. The Balaban J connectivity index is 2.75. The van der Waals surface area contributed by atoms with Gasteiger partial charge >= 0.3 is 7.82 Å². The molecule has 1 heterocycles. The SMILES string of the molecule is NC1[C@H](OP(=O)(O)O)OC(CO)[C@H](O)[C@@H]1O. The van der Waals surface area contributed by atoms with Crippen molar-refractivity contribution in [3.05, 3.63) is 0 Å². The van der Waals surface area contributed by atoms with Gasteiger partial charge < -0.3 is 35.6 Å². The molecule has 0 saturated carbocycles. The molecule has 0 bridgehead atoms. The van der Waals surface area contributed by atoms with Gasteiger partial charge in [0.2, 0.25) is 0 Å². The number of phosphoric acid groups is 1. The Morgan fingerprint density at radius 2 is 1.88 bits per heavy atom. The fourth-order valence-electron chi connectivity index (χ4n) is 1.33. The van der Waals surface area contributed by atoms with Gasteiger partial charge in [-0.3, -0.25) is 4.52 Å². The molecular weight excluding hydrogens is 245 g/mol. The average molecular weight is 259 g/mol. The standard InChI is InChI=1S/C6H14NO8P/c7-3-5(10)4(9)2(1-8)14-6(3)15-16(11,12)13/h2-6,8-10H,1,7H2,(H2,11,12,13)/t2?,3?,4-,5+,6-/m0/s1. The number of rotatable bonds is 3. The number of aliphatic hydroxyl groups is 3. The molecule has 0 radical (unpaired) electrons. The quantitative estimate of drug-likeness (QED) is 0.287. The Morgan fingerprint density at radius 3 is 2.31 bits per heavy atom. The molecule has 2 unspecified atom stereocenters. The molecule has 9 nitrogen and oxygen atoms in total. The maximum atomic E-state index is 10.6. The lowest BCUT2D eigenvalue weighted by molar-refractivity contribution is -0.242. The molecule has 10 heteroatoms. The molecule has 96 valence electrons. The maximum Gasteiger partial charge on any atom is 0.471 e. The largest absolute Gasteiger partial charge is 0.471 e. The molecule has 1 aliphatic heterocycles. The van der Waals surface area contributed by atoms with Crippen LogP contribution in [0.1, 0.15) is 0 Å². The van der Waals surface area contributed by atoms with E-state index in [4.69, 9.17) is 25.4 Å². The molecule has 0 aliphatic carbocycles. The van der Waals surface area contributed by atoms with E-state index in [1.165, 1.54) is 0 Å². The van der Waals surface area contributed by atoms with Crippen LogP contribution < -0.4 is 5.73 Å². The van der Waals surface area contributed by atoms with Gasteiger partial charge in [-0.05, 0) is 0 Å². The Morgan fingerprint density at radius 1 is 1.31 bits per heavy atom. The van der Waals surface area contributed by atoms with Crippen LogP contribution in [-0.2, 0) is 13.8 Å². The lowest BCUT2D eigenvalue weighted by Crippen LogP contribution is -2.62. The highest BCUT2D eigenvalue weighted by atomic mass is 31.2. The highest BCUT2D eigenvalue weighted by Gasteiger charge is 2.45. The van der Waals surface area contributed by atoms with Gasteiger partial charge in [0.25, 0.3) is 0 Å². The van der Waals surface area contributed by atoms with E-state index in [0.29, 0.717) is 0 Å². The van der Waals surface area contributed by atoms with E-state index >= 15 is 0 Å². The molecule has 0 amide bonds. The van der Waals surface area contributed by atoms with E-state index in [9.17, 15) is 14.8 Å². The summed E-state index contributed by atoms with van der Waals surface area (Å²) in [7, 11) is -4.83. The number of hydrogen-bond donors (Lipinski definition) is 6. The second kappa shape index (κ2) is 5.05. The van der Waals surface area contributed by atoms with Gasteiger partial charge in [0, 0.05) is 0 Å². The van der Waals surface area contributed by atoms with E-state index < -0.39 is 45.1 Å². The minimum absolute atomic E-state index is 0.647. The first-order valence-corrected chi connectivity index (χ1v) is 5.91. The monoisotopic (exact) mass is 259 g/mol. The van der Waals surface area contributed by atoms with Crippen molar-refractivity contribution in [2.24, 2.45) is 5.73 Å². The van der Waals surface area contributed by atoms with Gasteiger partial charge in [0.1, 0.15) is 18.3 Å². The van der Waals surface area contributed by atoms with Crippen LogP contribution in [0.5, 0.6) is 0 Å². The lowest BCUT2D eigenvalue weighted by Gasteiger charge is -2.40. The molecule has 0 aromatic rings. The van der Waals surface area contributed by atoms with Crippen LogP contribution in [0.4, 0.5) is 0 Å². The number of phosphoric ester groups is 1. The van der Waals surface area contributed by atoms with Gasteiger partial charge in [0.15, 0.2) is 6.29 Å².